The number of H-pyrrole nitrogens is 2. The monoisotopic (exact) mass is 760 g/mol. The van der Waals surface area contributed by atoms with Gasteiger partial charge in [0.25, 0.3) is 0 Å². The summed E-state index contributed by atoms with van der Waals surface area (Å²) in [6.45, 7) is 8.15. The number of benzene rings is 2. The molecule has 4 amide bonds. The molecule has 4 atom stereocenters. The summed E-state index contributed by atoms with van der Waals surface area (Å²) in [5.74, 6) is -1.15. The average Bonchev–Trinajstić information content (AvgIpc) is 3.98. The second kappa shape index (κ2) is 16.3. The Bertz CT molecular complexity index is 2060. The molecule has 14 nitrogen and oxygen atoms in total. The largest absolute Gasteiger partial charge is 0.465 e. The molecule has 16 heteroatoms. The highest BCUT2D eigenvalue weighted by Gasteiger charge is 2.39. The second-order valence-corrected chi connectivity index (χ2v) is 14.7. The molecular formula is C39H46F2N8O6. The molecular weight excluding hydrogens is 714 g/mol. The third kappa shape index (κ3) is 8.17. The highest BCUT2D eigenvalue weighted by Crippen LogP contribution is 2.36. The number of methoxy groups -OCH3 is 1. The van der Waals surface area contributed by atoms with Crippen LogP contribution < -0.4 is 10.6 Å². The normalized spacial score (nSPS) is 18.1. The van der Waals surface area contributed by atoms with Crippen LogP contribution in [-0.2, 0) is 14.3 Å². The SMILES string of the molecule is COC(=O)N[C@H](C(=O)N1CCC[C@H]1c1ncc(-c2ccc(-c3ccc(-c4cnc([C@@H]5CCCN5C(=O)[C@@H](NC(=O)O)C(C)C)[nH]4)c(F)c3)cc2F)[nH]1)C(C)C. The van der Waals surface area contributed by atoms with Crippen LogP contribution in [0.1, 0.15) is 77.1 Å². The summed E-state index contributed by atoms with van der Waals surface area (Å²) in [4.78, 5) is 68.7. The molecule has 0 aliphatic carbocycles. The van der Waals surface area contributed by atoms with Crippen molar-refractivity contribution in [1.82, 2.24) is 40.4 Å². The summed E-state index contributed by atoms with van der Waals surface area (Å²) in [5, 5.41) is 14.2. The summed E-state index contributed by atoms with van der Waals surface area (Å²) in [7, 11) is 1.24. The van der Waals surface area contributed by atoms with E-state index >= 15 is 8.78 Å². The van der Waals surface area contributed by atoms with Crippen molar-refractivity contribution >= 4 is 24.0 Å². The molecule has 0 radical (unpaired) electrons. The van der Waals surface area contributed by atoms with Crippen LogP contribution in [0.25, 0.3) is 33.6 Å². The zero-order valence-corrected chi connectivity index (χ0v) is 31.4. The molecule has 2 aliphatic heterocycles. The Labute approximate surface area is 317 Å². The number of alkyl carbamates (subject to hydrolysis) is 1. The Morgan fingerprint density at radius 3 is 1.58 bits per heavy atom. The Hall–Kier alpha value is -5.80. The topological polar surface area (TPSA) is 186 Å². The maximum atomic E-state index is 15.7. The molecule has 0 unspecified atom stereocenters. The molecule has 0 saturated carbocycles. The van der Waals surface area contributed by atoms with Gasteiger partial charge in [-0.25, -0.2) is 28.3 Å². The predicted molar refractivity (Wildman–Crippen MR) is 198 cm³/mol. The number of hydrogen-bond donors (Lipinski definition) is 5. The number of carbonyl (C=O) groups excluding carboxylic acids is 3. The Kier molecular flexibility index (Phi) is 11.5. The van der Waals surface area contributed by atoms with Crippen LogP contribution in [0.15, 0.2) is 48.8 Å². The van der Waals surface area contributed by atoms with E-state index < -0.39 is 41.9 Å². The summed E-state index contributed by atoms with van der Waals surface area (Å²) in [5.41, 5.74) is 2.23. The van der Waals surface area contributed by atoms with Crippen LogP contribution >= 0.6 is 0 Å². The lowest BCUT2D eigenvalue weighted by Gasteiger charge is -2.30. The molecule has 0 spiro atoms. The fraction of sp³-hybridized carbons (Fsp3) is 0.436. The van der Waals surface area contributed by atoms with Crippen molar-refractivity contribution in [2.24, 2.45) is 11.8 Å². The molecule has 292 valence electrons. The molecule has 2 aromatic heterocycles. The van der Waals surface area contributed by atoms with Crippen LogP contribution in [0, 0.1) is 23.5 Å². The smallest absolute Gasteiger partial charge is 0.407 e. The number of imidazole rings is 2. The van der Waals surface area contributed by atoms with E-state index in [0.717, 1.165) is 6.42 Å². The molecule has 55 heavy (non-hydrogen) atoms. The van der Waals surface area contributed by atoms with E-state index in [1.54, 1.807) is 47.9 Å². The van der Waals surface area contributed by atoms with Crippen LogP contribution in [0.3, 0.4) is 0 Å². The van der Waals surface area contributed by atoms with Crippen molar-refractivity contribution in [3.05, 3.63) is 72.1 Å². The maximum Gasteiger partial charge on any atom is 0.407 e. The zero-order valence-electron chi connectivity index (χ0n) is 31.4. The minimum atomic E-state index is -1.27. The first-order valence-corrected chi connectivity index (χ1v) is 18.4. The van der Waals surface area contributed by atoms with Crippen molar-refractivity contribution in [3.8, 4) is 33.6 Å². The van der Waals surface area contributed by atoms with Gasteiger partial charge in [-0.1, -0.05) is 39.8 Å². The molecule has 2 aromatic carbocycles. The number of ether oxygens (including phenoxy) is 1. The number of carbonyl (C=O) groups is 4. The number of halogens is 2. The summed E-state index contributed by atoms with van der Waals surface area (Å²) >= 11 is 0. The first kappa shape index (κ1) is 38.9. The van der Waals surface area contributed by atoms with E-state index in [1.807, 2.05) is 13.8 Å². The second-order valence-electron chi connectivity index (χ2n) is 14.7. The molecule has 4 heterocycles. The van der Waals surface area contributed by atoms with Crippen LogP contribution in [0.4, 0.5) is 18.4 Å². The molecule has 5 N–H and O–H groups in total. The van der Waals surface area contributed by atoms with E-state index in [0.29, 0.717) is 66.5 Å². The quantitative estimate of drug-likeness (QED) is 0.116. The molecule has 2 saturated heterocycles. The highest BCUT2D eigenvalue weighted by atomic mass is 19.1. The first-order valence-electron chi connectivity index (χ1n) is 18.4. The molecule has 0 bridgehead atoms. The lowest BCUT2D eigenvalue weighted by molar-refractivity contribution is -0.136. The zero-order chi connectivity index (χ0) is 39.6. The first-order chi connectivity index (χ1) is 26.3. The van der Waals surface area contributed by atoms with E-state index in [4.69, 9.17) is 4.74 Å². The third-order valence-corrected chi connectivity index (χ3v) is 10.3. The Morgan fingerprint density at radius 2 is 1.20 bits per heavy atom. The number of aromatic nitrogens is 4. The van der Waals surface area contributed by atoms with Gasteiger partial charge in [-0.2, -0.15) is 0 Å². The van der Waals surface area contributed by atoms with Crippen LogP contribution in [0.2, 0.25) is 0 Å². The van der Waals surface area contributed by atoms with Crippen molar-refractivity contribution in [2.75, 3.05) is 20.2 Å². The number of aromatic amines is 2. The summed E-state index contributed by atoms with van der Waals surface area (Å²) < 4.78 is 36.0. The number of carboxylic acid groups (broad SMARTS) is 1. The van der Waals surface area contributed by atoms with Crippen molar-refractivity contribution < 1.29 is 37.8 Å². The minimum Gasteiger partial charge on any atom is -0.465 e. The van der Waals surface area contributed by atoms with Crippen LogP contribution in [-0.4, -0.2) is 91.1 Å². The van der Waals surface area contributed by atoms with E-state index in [2.05, 4.69) is 30.6 Å². The van der Waals surface area contributed by atoms with Gasteiger partial charge in [-0.15, -0.1) is 0 Å². The Morgan fingerprint density at radius 1 is 0.764 bits per heavy atom. The van der Waals surface area contributed by atoms with E-state index in [9.17, 15) is 24.3 Å². The lowest BCUT2D eigenvalue weighted by Crippen LogP contribution is -2.51. The number of amides is 4. The number of hydrogen-bond acceptors (Lipinski definition) is 7. The van der Waals surface area contributed by atoms with Crippen molar-refractivity contribution in [1.29, 1.82) is 0 Å². The van der Waals surface area contributed by atoms with Crippen molar-refractivity contribution in [3.63, 3.8) is 0 Å². The summed E-state index contributed by atoms with van der Waals surface area (Å²) in [6.07, 6.45) is 3.77. The number of nitrogens with zero attached hydrogens (tertiary/aromatic N) is 4. The summed E-state index contributed by atoms with van der Waals surface area (Å²) in [6, 6.07) is 6.70. The third-order valence-electron chi connectivity index (χ3n) is 10.3. The van der Waals surface area contributed by atoms with Crippen LogP contribution in [0.5, 0.6) is 0 Å². The van der Waals surface area contributed by atoms with Gasteiger partial charge in [-0.3, -0.25) is 9.59 Å². The molecule has 4 aromatic rings. The predicted octanol–water partition coefficient (Wildman–Crippen LogP) is 6.41. The van der Waals surface area contributed by atoms with Gasteiger partial charge in [0.1, 0.15) is 35.4 Å². The molecule has 2 aliphatic rings. The lowest BCUT2D eigenvalue weighted by atomic mass is 10.00. The van der Waals surface area contributed by atoms with E-state index in [1.165, 1.54) is 31.6 Å². The minimum absolute atomic E-state index is 0.183. The van der Waals surface area contributed by atoms with Gasteiger partial charge < -0.3 is 40.2 Å². The van der Waals surface area contributed by atoms with Gasteiger partial charge in [0.15, 0.2) is 0 Å². The average molecular weight is 761 g/mol. The standard InChI is InChI=1S/C39H46F2N8O6/c1-20(2)32(46-38(52)53)36(50)48-14-6-8-30(48)34-42-18-28(44-34)24-12-10-22(16-26(24)40)23-11-13-25(27(41)17-23)29-19-43-35(45-29)31-9-7-15-49(31)37(51)33(21(3)4)47-39(54)55-5/h10-13,16-21,30-33,46H,6-9,14-15H2,1-5H3,(H,42,44)(H,43,45)(H,47,54)(H,52,53)/t30-,31-,32-,33-/m0/s1. The fourth-order valence-corrected chi connectivity index (χ4v) is 7.44. The number of likely N-dealkylation sites (tertiary alicyclic amines) is 2. The number of rotatable bonds is 11. The van der Waals surface area contributed by atoms with Gasteiger partial charge in [0.05, 0.1) is 43.0 Å². The maximum absolute atomic E-state index is 15.7. The van der Waals surface area contributed by atoms with E-state index in [-0.39, 0.29) is 40.8 Å². The molecule has 6 rings (SSSR count). The van der Waals surface area contributed by atoms with Gasteiger partial charge in [-0.05, 0) is 72.9 Å². The number of nitrogens with one attached hydrogen (secondary N) is 4. The van der Waals surface area contributed by atoms with Crippen molar-refractivity contribution in [2.45, 2.75) is 77.5 Å². The van der Waals surface area contributed by atoms with Gasteiger partial charge in [0.2, 0.25) is 11.8 Å². The van der Waals surface area contributed by atoms with Gasteiger partial charge >= 0.3 is 12.2 Å². The fourth-order valence-electron chi connectivity index (χ4n) is 7.44. The highest BCUT2D eigenvalue weighted by molar-refractivity contribution is 5.87. The molecule has 2 fully saturated rings. The van der Waals surface area contributed by atoms with Gasteiger partial charge in [0, 0.05) is 24.2 Å². The Balaban J connectivity index is 1.16.